The average molecular weight is 226 g/mol. The summed E-state index contributed by atoms with van der Waals surface area (Å²) in [7, 11) is 0. The molecule has 0 heterocycles. The Bertz CT molecular complexity index is 485. The van der Waals surface area contributed by atoms with Gasteiger partial charge in [0.25, 0.3) is 0 Å². The number of benzene rings is 2. The van der Waals surface area contributed by atoms with E-state index in [4.69, 9.17) is 0 Å². The van der Waals surface area contributed by atoms with E-state index in [0.29, 0.717) is 11.7 Å². The molecule has 0 aliphatic carbocycles. The van der Waals surface area contributed by atoms with Crippen molar-refractivity contribution in [1.29, 1.82) is 0 Å². The third-order valence-corrected chi connectivity index (χ3v) is 3.25. The molecule has 0 saturated carbocycles. The van der Waals surface area contributed by atoms with Gasteiger partial charge in [-0.25, -0.2) is 0 Å². The van der Waals surface area contributed by atoms with Crippen molar-refractivity contribution < 1.29 is 5.11 Å². The van der Waals surface area contributed by atoms with Crippen molar-refractivity contribution in [3.05, 3.63) is 65.2 Å². The Kier molecular flexibility index (Phi) is 3.48. The second-order valence-corrected chi connectivity index (χ2v) is 4.62. The largest absolute Gasteiger partial charge is 0.508 e. The molecule has 2 aromatic carbocycles. The Balaban J connectivity index is 2.14. The Morgan fingerprint density at radius 2 is 1.65 bits per heavy atom. The van der Waals surface area contributed by atoms with Crippen LogP contribution in [0, 0.1) is 6.92 Å². The topological polar surface area (TPSA) is 20.2 Å². The molecule has 1 heteroatoms. The number of phenolic OH excluding ortho intramolecular Hbond substituents is 1. The standard InChI is InChI=1S/C16H18O/c1-12-5-3-4-6-15(12)11-13(2)14-7-9-16(17)10-8-14/h3-10,13,17H,11H2,1-2H3. The summed E-state index contributed by atoms with van der Waals surface area (Å²) >= 11 is 0. The maximum absolute atomic E-state index is 9.27. The molecule has 17 heavy (non-hydrogen) atoms. The highest BCUT2D eigenvalue weighted by Crippen LogP contribution is 2.23. The lowest BCUT2D eigenvalue weighted by Gasteiger charge is -2.13. The number of phenols is 1. The van der Waals surface area contributed by atoms with Crippen molar-refractivity contribution in [3.63, 3.8) is 0 Å². The molecule has 0 radical (unpaired) electrons. The molecule has 2 rings (SSSR count). The van der Waals surface area contributed by atoms with Gasteiger partial charge in [0.1, 0.15) is 5.75 Å². The highest BCUT2D eigenvalue weighted by Gasteiger charge is 2.07. The Morgan fingerprint density at radius 1 is 1.00 bits per heavy atom. The van der Waals surface area contributed by atoms with Gasteiger partial charge in [-0.2, -0.15) is 0 Å². The molecule has 0 bridgehead atoms. The molecule has 0 aliphatic rings. The summed E-state index contributed by atoms with van der Waals surface area (Å²) in [5.41, 5.74) is 4.01. The van der Waals surface area contributed by atoms with Crippen LogP contribution in [0.25, 0.3) is 0 Å². The van der Waals surface area contributed by atoms with E-state index in [9.17, 15) is 5.11 Å². The van der Waals surface area contributed by atoms with Crippen LogP contribution in [0.5, 0.6) is 5.75 Å². The van der Waals surface area contributed by atoms with Crippen molar-refractivity contribution >= 4 is 0 Å². The van der Waals surface area contributed by atoms with Crippen LogP contribution in [0.4, 0.5) is 0 Å². The molecule has 1 unspecified atom stereocenters. The molecule has 0 saturated heterocycles. The van der Waals surface area contributed by atoms with E-state index in [1.54, 1.807) is 12.1 Å². The van der Waals surface area contributed by atoms with Crippen molar-refractivity contribution in [2.24, 2.45) is 0 Å². The number of rotatable bonds is 3. The molecule has 0 fully saturated rings. The Hall–Kier alpha value is -1.76. The number of hydrogen-bond donors (Lipinski definition) is 1. The van der Waals surface area contributed by atoms with Gasteiger partial charge >= 0.3 is 0 Å². The van der Waals surface area contributed by atoms with Gasteiger partial charge in [0.15, 0.2) is 0 Å². The smallest absolute Gasteiger partial charge is 0.115 e. The minimum Gasteiger partial charge on any atom is -0.508 e. The van der Waals surface area contributed by atoms with Gasteiger partial charge in [-0.1, -0.05) is 43.3 Å². The van der Waals surface area contributed by atoms with Crippen molar-refractivity contribution in [2.45, 2.75) is 26.2 Å². The zero-order valence-electron chi connectivity index (χ0n) is 10.4. The van der Waals surface area contributed by atoms with Gasteiger partial charge in [-0.15, -0.1) is 0 Å². The summed E-state index contributed by atoms with van der Waals surface area (Å²) in [6, 6.07) is 16.0. The third-order valence-electron chi connectivity index (χ3n) is 3.25. The van der Waals surface area contributed by atoms with E-state index >= 15 is 0 Å². The first-order chi connectivity index (χ1) is 8.16. The van der Waals surface area contributed by atoms with E-state index in [2.05, 4.69) is 38.1 Å². The van der Waals surface area contributed by atoms with Gasteiger partial charge in [-0.3, -0.25) is 0 Å². The Morgan fingerprint density at radius 3 is 2.29 bits per heavy atom. The van der Waals surface area contributed by atoms with E-state index in [1.165, 1.54) is 16.7 Å². The van der Waals surface area contributed by atoms with Gasteiger partial charge in [0, 0.05) is 0 Å². The summed E-state index contributed by atoms with van der Waals surface area (Å²) < 4.78 is 0. The first kappa shape index (κ1) is 11.7. The van der Waals surface area contributed by atoms with Crippen LogP contribution < -0.4 is 0 Å². The molecule has 2 aromatic rings. The van der Waals surface area contributed by atoms with Crippen LogP contribution in [0.2, 0.25) is 0 Å². The number of aryl methyl sites for hydroxylation is 1. The first-order valence-electron chi connectivity index (χ1n) is 6.00. The van der Waals surface area contributed by atoms with E-state index in [1.807, 2.05) is 12.1 Å². The van der Waals surface area contributed by atoms with Crippen LogP contribution in [-0.4, -0.2) is 5.11 Å². The second kappa shape index (κ2) is 5.05. The molecule has 1 N–H and O–H groups in total. The minimum absolute atomic E-state index is 0.330. The molecule has 1 atom stereocenters. The highest BCUT2D eigenvalue weighted by molar-refractivity contribution is 5.31. The predicted octanol–water partition coefficient (Wildman–Crippen LogP) is 4.05. The fourth-order valence-corrected chi connectivity index (χ4v) is 2.09. The van der Waals surface area contributed by atoms with Crippen molar-refractivity contribution in [2.75, 3.05) is 0 Å². The number of aromatic hydroxyl groups is 1. The van der Waals surface area contributed by atoms with Gasteiger partial charge in [0.05, 0.1) is 0 Å². The normalized spacial score (nSPS) is 12.4. The summed E-state index contributed by atoms with van der Waals surface area (Å²) in [6.07, 6.45) is 1.04. The summed E-state index contributed by atoms with van der Waals surface area (Å²) in [4.78, 5) is 0. The second-order valence-electron chi connectivity index (χ2n) is 4.62. The maximum Gasteiger partial charge on any atom is 0.115 e. The fourth-order valence-electron chi connectivity index (χ4n) is 2.09. The maximum atomic E-state index is 9.27. The van der Waals surface area contributed by atoms with Gasteiger partial charge in [-0.05, 0) is 48.1 Å². The monoisotopic (exact) mass is 226 g/mol. The van der Waals surface area contributed by atoms with Gasteiger partial charge in [0.2, 0.25) is 0 Å². The molecule has 88 valence electrons. The third kappa shape index (κ3) is 2.88. The lowest BCUT2D eigenvalue weighted by molar-refractivity contribution is 0.475. The lowest BCUT2D eigenvalue weighted by atomic mass is 9.92. The SMILES string of the molecule is Cc1ccccc1CC(C)c1ccc(O)cc1. The highest BCUT2D eigenvalue weighted by atomic mass is 16.3. The minimum atomic E-state index is 0.330. The summed E-state index contributed by atoms with van der Waals surface area (Å²) in [5, 5.41) is 9.27. The van der Waals surface area contributed by atoms with Crippen molar-refractivity contribution in [3.8, 4) is 5.75 Å². The molecule has 0 amide bonds. The van der Waals surface area contributed by atoms with E-state index in [0.717, 1.165) is 6.42 Å². The Labute approximate surface area is 103 Å². The van der Waals surface area contributed by atoms with Crippen LogP contribution in [0.15, 0.2) is 48.5 Å². The van der Waals surface area contributed by atoms with Crippen LogP contribution in [0.1, 0.15) is 29.5 Å². The van der Waals surface area contributed by atoms with Crippen LogP contribution in [-0.2, 0) is 6.42 Å². The summed E-state index contributed by atoms with van der Waals surface area (Å²) in [6.45, 7) is 4.37. The van der Waals surface area contributed by atoms with E-state index in [-0.39, 0.29) is 0 Å². The predicted molar refractivity (Wildman–Crippen MR) is 71.4 cm³/mol. The van der Waals surface area contributed by atoms with Crippen LogP contribution in [0.3, 0.4) is 0 Å². The van der Waals surface area contributed by atoms with E-state index < -0.39 is 0 Å². The zero-order chi connectivity index (χ0) is 12.3. The molecule has 0 spiro atoms. The molecular weight excluding hydrogens is 208 g/mol. The summed E-state index contributed by atoms with van der Waals surface area (Å²) in [5.74, 6) is 0.800. The fraction of sp³-hybridized carbons (Fsp3) is 0.250. The lowest BCUT2D eigenvalue weighted by Crippen LogP contribution is -1.99. The number of hydrogen-bond acceptors (Lipinski definition) is 1. The first-order valence-corrected chi connectivity index (χ1v) is 6.00. The average Bonchev–Trinajstić information content (AvgIpc) is 2.33. The van der Waals surface area contributed by atoms with Crippen LogP contribution >= 0.6 is 0 Å². The molecule has 1 nitrogen and oxygen atoms in total. The van der Waals surface area contributed by atoms with Crippen molar-refractivity contribution in [1.82, 2.24) is 0 Å². The molecule has 0 aromatic heterocycles. The molecular formula is C16H18O. The van der Waals surface area contributed by atoms with Gasteiger partial charge < -0.3 is 5.11 Å². The quantitative estimate of drug-likeness (QED) is 0.837. The zero-order valence-corrected chi connectivity index (χ0v) is 10.4. The molecule has 0 aliphatic heterocycles.